The summed E-state index contributed by atoms with van der Waals surface area (Å²) in [6, 6.07) is 26.1. The van der Waals surface area contributed by atoms with Crippen LogP contribution < -0.4 is 10.5 Å². The van der Waals surface area contributed by atoms with E-state index in [0.29, 0.717) is 0 Å². The first-order chi connectivity index (χ1) is 13.1. The lowest BCUT2D eigenvalue weighted by Crippen LogP contribution is -2.36. The molecule has 0 amide bonds. The van der Waals surface area contributed by atoms with Gasteiger partial charge in [-0.1, -0.05) is 92.7 Å². The smallest absolute Gasteiger partial charge is 0.241 e. The molecule has 0 unspecified atom stereocenters. The molecule has 0 spiro atoms. The second kappa shape index (κ2) is 10.0. The molecular weight excluding hydrogens is 356 g/mol. The standard InChI is InChI=1S/C20H20N2O2S.C2H6/c21-19(16-10-4-1-5-11-16)20(17-12-6-2-7-13-17)22-25(23,24)18-14-8-3-9-15-18;1-2/h1-15,19-20,22H,21H2;1-2H3/t19-,20-;/m0./s1. The third kappa shape index (κ3) is 5.50. The largest absolute Gasteiger partial charge is 0.322 e. The molecule has 0 fully saturated rings. The van der Waals surface area contributed by atoms with E-state index in [4.69, 9.17) is 5.73 Å². The fourth-order valence-electron chi connectivity index (χ4n) is 2.71. The Morgan fingerprint density at radius 1 is 0.704 bits per heavy atom. The molecule has 142 valence electrons. The number of nitrogens with one attached hydrogen (secondary N) is 1. The topological polar surface area (TPSA) is 72.2 Å². The van der Waals surface area contributed by atoms with Crippen LogP contribution in [0.5, 0.6) is 0 Å². The van der Waals surface area contributed by atoms with E-state index in [1.54, 1.807) is 30.3 Å². The molecule has 3 aromatic rings. The van der Waals surface area contributed by atoms with E-state index in [1.807, 2.05) is 74.5 Å². The van der Waals surface area contributed by atoms with Gasteiger partial charge in [-0.2, -0.15) is 0 Å². The molecule has 0 aliphatic heterocycles. The van der Waals surface area contributed by atoms with Crippen molar-refractivity contribution in [2.45, 2.75) is 30.8 Å². The van der Waals surface area contributed by atoms with Gasteiger partial charge in [0, 0.05) is 0 Å². The molecule has 4 nitrogen and oxygen atoms in total. The quantitative estimate of drug-likeness (QED) is 0.662. The highest BCUT2D eigenvalue weighted by Crippen LogP contribution is 2.28. The summed E-state index contributed by atoms with van der Waals surface area (Å²) >= 11 is 0. The molecular formula is C22H26N2O2S. The summed E-state index contributed by atoms with van der Waals surface area (Å²) < 4.78 is 28.3. The average molecular weight is 383 g/mol. The summed E-state index contributed by atoms with van der Waals surface area (Å²) in [6.07, 6.45) is 0. The van der Waals surface area contributed by atoms with E-state index < -0.39 is 22.1 Å². The molecule has 0 bridgehead atoms. The highest BCUT2D eigenvalue weighted by Gasteiger charge is 2.27. The van der Waals surface area contributed by atoms with Crippen molar-refractivity contribution >= 4 is 10.0 Å². The van der Waals surface area contributed by atoms with Gasteiger partial charge in [0.1, 0.15) is 0 Å². The van der Waals surface area contributed by atoms with Crippen molar-refractivity contribution in [3.05, 3.63) is 102 Å². The maximum atomic E-state index is 12.8. The average Bonchev–Trinajstić information content (AvgIpc) is 2.75. The third-order valence-electron chi connectivity index (χ3n) is 4.04. The van der Waals surface area contributed by atoms with Crippen LogP contribution in [-0.2, 0) is 10.0 Å². The number of hydrogen-bond acceptors (Lipinski definition) is 3. The molecule has 27 heavy (non-hydrogen) atoms. The Morgan fingerprint density at radius 2 is 1.11 bits per heavy atom. The summed E-state index contributed by atoms with van der Waals surface area (Å²) in [5.41, 5.74) is 8.12. The number of rotatable bonds is 6. The van der Waals surface area contributed by atoms with Gasteiger partial charge < -0.3 is 5.73 Å². The van der Waals surface area contributed by atoms with Crippen molar-refractivity contribution in [1.29, 1.82) is 0 Å². The van der Waals surface area contributed by atoms with Crippen molar-refractivity contribution in [1.82, 2.24) is 4.72 Å². The first-order valence-corrected chi connectivity index (χ1v) is 10.5. The fraction of sp³-hybridized carbons (Fsp3) is 0.182. The van der Waals surface area contributed by atoms with Gasteiger partial charge in [-0.15, -0.1) is 0 Å². The highest BCUT2D eigenvalue weighted by atomic mass is 32.2. The van der Waals surface area contributed by atoms with Crippen LogP contribution in [0.25, 0.3) is 0 Å². The number of benzene rings is 3. The lowest BCUT2D eigenvalue weighted by atomic mass is 9.95. The van der Waals surface area contributed by atoms with Gasteiger partial charge in [-0.3, -0.25) is 0 Å². The van der Waals surface area contributed by atoms with E-state index in [2.05, 4.69) is 4.72 Å². The summed E-state index contributed by atoms with van der Waals surface area (Å²) in [7, 11) is -3.69. The van der Waals surface area contributed by atoms with E-state index >= 15 is 0 Å². The van der Waals surface area contributed by atoms with Crippen molar-refractivity contribution in [2.75, 3.05) is 0 Å². The second-order valence-corrected chi connectivity index (χ2v) is 7.47. The Bertz CT molecular complexity index is 899. The van der Waals surface area contributed by atoms with Crippen molar-refractivity contribution in [2.24, 2.45) is 5.73 Å². The van der Waals surface area contributed by atoms with E-state index in [9.17, 15) is 8.42 Å². The molecule has 5 heteroatoms. The zero-order valence-electron chi connectivity index (χ0n) is 15.6. The van der Waals surface area contributed by atoms with Crippen LogP contribution in [0.4, 0.5) is 0 Å². The minimum Gasteiger partial charge on any atom is -0.322 e. The maximum absolute atomic E-state index is 12.8. The Labute approximate surface area is 162 Å². The maximum Gasteiger partial charge on any atom is 0.241 e. The Kier molecular flexibility index (Phi) is 7.73. The van der Waals surface area contributed by atoms with Crippen LogP contribution in [0, 0.1) is 0 Å². The molecule has 3 aromatic carbocycles. The summed E-state index contributed by atoms with van der Waals surface area (Å²) in [5.74, 6) is 0. The molecule has 0 radical (unpaired) electrons. The minimum absolute atomic E-state index is 0.219. The van der Waals surface area contributed by atoms with E-state index in [0.717, 1.165) is 11.1 Å². The normalized spacial score (nSPS) is 13.1. The van der Waals surface area contributed by atoms with Gasteiger partial charge in [-0.25, -0.2) is 13.1 Å². The van der Waals surface area contributed by atoms with Gasteiger partial charge >= 0.3 is 0 Å². The number of nitrogens with two attached hydrogens (primary N) is 1. The molecule has 0 saturated carbocycles. The summed E-state index contributed by atoms with van der Waals surface area (Å²) in [6.45, 7) is 4.00. The van der Waals surface area contributed by atoms with Crippen LogP contribution in [-0.4, -0.2) is 8.42 Å². The molecule has 3 rings (SSSR count). The van der Waals surface area contributed by atoms with Crippen LogP contribution >= 0.6 is 0 Å². The lowest BCUT2D eigenvalue weighted by molar-refractivity contribution is 0.504. The molecule has 0 heterocycles. The zero-order valence-corrected chi connectivity index (χ0v) is 16.4. The van der Waals surface area contributed by atoms with Crippen molar-refractivity contribution in [3.63, 3.8) is 0 Å². The minimum atomic E-state index is -3.69. The molecule has 2 atom stereocenters. The number of sulfonamides is 1. The van der Waals surface area contributed by atoms with E-state index in [-0.39, 0.29) is 4.90 Å². The summed E-state index contributed by atoms with van der Waals surface area (Å²) in [4.78, 5) is 0.219. The van der Waals surface area contributed by atoms with Gasteiger partial charge in [0.05, 0.1) is 17.0 Å². The molecule has 0 saturated heterocycles. The molecule has 0 aliphatic rings. The van der Waals surface area contributed by atoms with Gasteiger partial charge in [0.25, 0.3) is 0 Å². The second-order valence-electron chi connectivity index (χ2n) is 5.76. The molecule has 3 N–H and O–H groups in total. The Balaban J connectivity index is 0.00000126. The first-order valence-electron chi connectivity index (χ1n) is 9.01. The zero-order chi connectivity index (χ0) is 19.7. The van der Waals surface area contributed by atoms with E-state index in [1.165, 1.54) is 0 Å². The Morgan fingerprint density at radius 3 is 1.59 bits per heavy atom. The summed E-state index contributed by atoms with van der Waals surface area (Å²) in [5, 5.41) is 0. The predicted molar refractivity (Wildman–Crippen MR) is 111 cm³/mol. The fourth-order valence-corrected chi connectivity index (χ4v) is 3.98. The van der Waals surface area contributed by atoms with Gasteiger partial charge in [0.15, 0.2) is 0 Å². The monoisotopic (exact) mass is 382 g/mol. The molecule has 0 aromatic heterocycles. The van der Waals surface area contributed by atoms with Crippen LogP contribution in [0.3, 0.4) is 0 Å². The lowest BCUT2D eigenvalue weighted by Gasteiger charge is -2.26. The molecule has 0 aliphatic carbocycles. The van der Waals surface area contributed by atoms with Crippen LogP contribution in [0.15, 0.2) is 95.9 Å². The van der Waals surface area contributed by atoms with Crippen molar-refractivity contribution < 1.29 is 8.42 Å². The van der Waals surface area contributed by atoms with Crippen molar-refractivity contribution in [3.8, 4) is 0 Å². The van der Waals surface area contributed by atoms with Gasteiger partial charge in [0.2, 0.25) is 10.0 Å². The Hall–Kier alpha value is -2.47. The third-order valence-corrected chi connectivity index (χ3v) is 5.49. The van der Waals surface area contributed by atoms with Gasteiger partial charge in [-0.05, 0) is 23.3 Å². The number of hydrogen-bond donors (Lipinski definition) is 2. The first kappa shape index (κ1) is 20.8. The highest BCUT2D eigenvalue weighted by molar-refractivity contribution is 7.89. The van der Waals surface area contributed by atoms with Crippen LogP contribution in [0.1, 0.15) is 37.1 Å². The predicted octanol–water partition coefficient (Wildman–Crippen LogP) is 4.43. The van der Waals surface area contributed by atoms with Crippen LogP contribution in [0.2, 0.25) is 0 Å². The SMILES string of the molecule is CC.N[C@@H](c1ccccc1)[C@@H](NS(=O)(=O)c1ccccc1)c1ccccc1.